The van der Waals surface area contributed by atoms with Crippen LogP contribution in [0.1, 0.15) is 42.4 Å². The Labute approximate surface area is 124 Å². The van der Waals surface area contributed by atoms with Crippen molar-refractivity contribution in [1.82, 2.24) is 15.1 Å². The number of anilines is 1. The van der Waals surface area contributed by atoms with Crippen LogP contribution in [-0.2, 0) is 11.8 Å². The van der Waals surface area contributed by atoms with Gasteiger partial charge in [0.2, 0.25) is 0 Å². The lowest BCUT2D eigenvalue weighted by molar-refractivity contribution is 0.0946. The first-order valence-electron chi connectivity index (χ1n) is 7.14. The molecule has 0 spiro atoms. The van der Waals surface area contributed by atoms with Crippen LogP contribution >= 0.6 is 0 Å². The second kappa shape index (κ2) is 4.62. The normalized spacial score (nSPS) is 14.7. The largest absolute Gasteiger partial charge is 0.384 e. The van der Waals surface area contributed by atoms with Crippen molar-refractivity contribution in [3.63, 3.8) is 0 Å². The van der Waals surface area contributed by atoms with Crippen LogP contribution in [0.25, 0.3) is 5.69 Å². The van der Waals surface area contributed by atoms with Gasteiger partial charge in [-0.05, 0) is 30.2 Å². The van der Waals surface area contributed by atoms with E-state index in [2.05, 4.69) is 31.2 Å². The zero-order valence-corrected chi connectivity index (χ0v) is 12.6. The van der Waals surface area contributed by atoms with Crippen molar-refractivity contribution in [1.29, 1.82) is 0 Å². The van der Waals surface area contributed by atoms with Gasteiger partial charge in [-0.3, -0.25) is 4.79 Å². The Morgan fingerprint density at radius 1 is 1.29 bits per heavy atom. The summed E-state index contributed by atoms with van der Waals surface area (Å²) in [4.78, 5) is 11.8. The molecule has 0 bridgehead atoms. The smallest absolute Gasteiger partial charge is 0.251 e. The number of aromatic nitrogens is 2. The van der Waals surface area contributed by atoms with Crippen molar-refractivity contribution in [2.24, 2.45) is 0 Å². The van der Waals surface area contributed by atoms with E-state index in [1.165, 1.54) is 0 Å². The third-order valence-corrected chi connectivity index (χ3v) is 3.76. The van der Waals surface area contributed by atoms with E-state index in [9.17, 15) is 4.79 Å². The van der Waals surface area contributed by atoms with Gasteiger partial charge < -0.3 is 11.1 Å². The number of amides is 1. The van der Waals surface area contributed by atoms with E-state index in [1.807, 2.05) is 24.3 Å². The summed E-state index contributed by atoms with van der Waals surface area (Å²) in [7, 11) is 0. The highest BCUT2D eigenvalue weighted by Gasteiger charge is 2.21. The summed E-state index contributed by atoms with van der Waals surface area (Å²) in [6.07, 6.45) is 0.836. The minimum Gasteiger partial charge on any atom is -0.384 e. The predicted molar refractivity (Wildman–Crippen MR) is 82.7 cm³/mol. The number of carbonyl (C=O) groups is 1. The number of benzene rings is 1. The molecule has 0 radical (unpaired) electrons. The molecule has 1 aromatic carbocycles. The standard InChI is InChI=1S/C16H20N4O/c1-16(2,3)13-9-14(17)20(19-13)11-4-5-12-10(8-11)6-7-18-15(12)21/h4-5,8-9H,6-7,17H2,1-3H3,(H,18,21). The molecule has 1 aliphatic rings. The van der Waals surface area contributed by atoms with E-state index in [0.29, 0.717) is 12.4 Å². The number of rotatable bonds is 1. The molecule has 3 N–H and O–H groups in total. The van der Waals surface area contributed by atoms with Gasteiger partial charge in [0.25, 0.3) is 5.91 Å². The fourth-order valence-electron chi connectivity index (χ4n) is 2.52. The molecule has 0 saturated heterocycles. The third kappa shape index (κ3) is 2.39. The maximum atomic E-state index is 11.8. The zero-order chi connectivity index (χ0) is 15.2. The van der Waals surface area contributed by atoms with E-state index in [0.717, 1.165) is 28.9 Å². The minimum atomic E-state index is -0.0482. The van der Waals surface area contributed by atoms with Crippen LogP contribution in [0.15, 0.2) is 24.3 Å². The fraction of sp³-hybridized carbons (Fsp3) is 0.375. The van der Waals surface area contributed by atoms with Crippen molar-refractivity contribution in [3.05, 3.63) is 41.1 Å². The van der Waals surface area contributed by atoms with Crippen LogP contribution in [0.4, 0.5) is 5.82 Å². The lowest BCUT2D eigenvalue weighted by atomic mass is 9.92. The number of hydrogen-bond acceptors (Lipinski definition) is 3. The van der Waals surface area contributed by atoms with Gasteiger partial charge in [-0.15, -0.1) is 0 Å². The first kappa shape index (κ1) is 13.7. The average molecular weight is 284 g/mol. The average Bonchev–Trinajstić information content (AvgIpc) is 2.81. The molecule has 3 rings (SSSR count). The Morgan fingerprint density at radius 3 is 2.71 bits per heavy atom. The highest BCUT2D eigenvalue weighted by atomic mass is 16.1. The first-order chi connectivity index (χ1) is 9.86. The van der Waals surface area contributed by atoms with Gasteiger partial charge in [-0.1, -0.05) is 20.8 Å². The Kier molecular flexibility index (Phi) is 3.01. The zero-order valence-electron chi connectivity index (χ0n) is 12.6. The van der Waals surface area contributed by atoms with Crippen molar-refractivity contribution in [3.8, 4) is 5.69 Å². The number of nitrogens with two attached hydrogens (primary N) is 1. The van der Waals surface area contributed by atoms with Gasteiger partial charge in [-0.25, -0.2) is 4.68 Å². The second-order valence-corrected chi connectivity index (χ2v) is 6.46. The van der Waals surface area contributed by atoms with Crippen LogP contribution in [0.5, 0.6) is 0 Å². The van der Waals surface area contributed by atoms with Crippen LogP contribution in [-0.4, -0.2) is 22.2 Å². The Bertz CT molecular complexity index is 710. The van der Waals surface area contributed by atoms with Crippen LogP contribution in [0, 0.1) is 0 Å². The fourth-order valence-corrected chi connectivity index (χ4v) is 2.52. The summed E-state index contributed by atoms with van der Waals surface area (Å²) >= 11 is 0. The molecular formula is C16H20N4O. The number of fused-ring (bicyclic) bond motifs is 1. The molecule has 2 heterocycles. The quantitative estimate of drug-likeness (QED) is 0.841. The number of nitrogens with one attached hydrogen (secondary N) is 1. The summed E-state index contributed by atoms with van der Waals surface area (Å²) in [5.41, 5.74) is 9.69. The molecule has 0 unspecified atom stereocenters. The Balaban J connectivity index is 2.05. The minimum absolute atomic E-state index is 0.00776. The summed E-state index contributed by atoms with van der Waals surface area (Å²) in [6.45, 7) is 7.00. The molecular weight excluding hydrogens is 264 g/mol. The molecule has 0 aliphatic carbocycles. The lowest BCUT2D eigenvalue weighted by Gasteiger charge is -2.17. The SMILES string of the molecule is CC(C)(C)c1cc(N)n(-c2ccc3c(c2)CCNC3=O)n1. The Hall–Kier alpha value is -2.30. The molecule has 21 heavy (non-hydrogen) atoms. The molecule has 1 amide bonds. The number of carbonyl (C=O) groups excluding carboxylic acids is 1. The topological polar surface area (TPSA) is 72.9 Å². The van der Waals surface area contributed by atoms with E-state index in [4.69, 9.17) is 5.73 Å². The van der Waals surface area contributed by atoms with Crippen LogP contribution < -0.4 is 11.1 Å². The van der Waals surface area contributed by atoms with Crippen molar-refractivity contribution < 1.29 is 4.79 Å². The van der Waals surface area contributed by atoms with E-state index < -0.39 is 0 Å². The van der Waals surface area contributed by atoms with Gasteiger partial charge in [0.1, 0.15) is 5.82 Å². The molecule has 1 aliphatic heterocycles. The van der Waals surface area contributed by atoms with E-state index in [1.54, 1.807) is 4.68 Å². The van der Waals surface area contributed by atoms with Crippen molar-refractivity contribution >= 4 is 11.7 Å². The maximum Gasteiger partial charge on any atom is 0.251 e. The van der Waals surface area contributed by atoms with Gasteiger partial charge in [0.05, 0.1) is 11.4 Å². The third-order valence-electron chi connectivity index (χ3n) is 3.76. The lowest BCUT2D eigenvalue weighted by Crippen LogP contribution is -2.31. The number of hydrogen-bond donors (Lipinski definition) is 2. The number of nitrogens with zero attached hydrogens (tertiary/aromatic N) is 2. The summed E-state index contributed by atoms with van der Waals surface area (Å²) in [5.74, 6) is 0.603. The molecule has 1 aromatic heterocycles. The molecule has 0 saturated carbocycles. The van der Waals surface area contributed by atoms with E-state index in [-0.39, 0.29) is 11.3 Å². The monoisotopic (exact) mass is 284 g/mol. The molecule has 5 heteroatoms. The van der Waals surface area contributed by atoms with Crippen LogP contribution in [0.3, 0.4) is 0 Å². The predicted octanol–water partition coefficient (Wildman–Crippen LogP) is 2.04. The van der Waals surface area contributed by atoms with Crippen molar-refractivity contribution in [2.75, 3.05) is 12.3 Å². The highest BCUT2D eigenvalue weighted by Crippen LogP contribution is 2.26. The van der Waals surface area contributed by atoms with Gasteiger partial charge >= 0.3 is 0 Å². The first-order valence-corrected chi connectivity index (χ1v) is 7.14. The molecule has 2 aromatic rings. The maximum absolute atomic E-state index is 11.8. The van der Waals surface area contributed by atoms with Crippen molar-refractivity contribution in [2.45, 2.75) is 32.6 Å². The second-order valence-electron chi connectivity index (χ2n) is 6.46. The molecule has 0 atom stereocenters. The highest BCUT2D eigenvalue weighted by molar-refractivity contribution is 5.96. The summed E-state index contributed by atoms with van der Waals surface area (Å²) in [5, 5.41) is 7.46. The van der Waals surface area contributed by atoms with Crippen LogP contribution in [0.2, 0.25) is 0 Å². The molecule has 110 valence electrons. The van der Waals surface area contributed by atoms with E-state index >= 15 is 0 Å². The Morgan fingerprint density at radius 2 is 2.05 bits per heavy atom. The summed E-state index contributed by atoms with van der Waals surface area (Å²) in [6, 6.07) is 7.65. The van der Waals surface area contributed by atoms with Gasteiger partial charge in [-0.2, -0.15) is 5.10 Å². The van der Waals surface area contributed by atoms with Gasteiger partial charge in [0.15, 0.2) is 0 Å². The summed E-state index contributed by atoms with van der Waals surface area (Å²) < 4.78 is 1.74. The van der Waals surface area contributed by atoms with Gasteiger partial charge in [0, 0.05) is 23.6 Å². The number of nitrogen functional groups attached to an aromatic ring is 1. The molecule has 5 nitrogen and oxygen atoms in total. The molecule has 0 fully saturated rings.